The third-order valence-corrected chi connectivity index (χ3v) is 6.86. The Balaban J connectivity index is 1.93. The first kappa shape index (κ1) is 20.6. The van der Waals surface area contributed by atoms with Crippen LogP contribution in [0.5, 0.6) is 0 Å². The maximum atomic E-state index is 13.7. The van der Waals surface area contributed by atoms with Gasteiger partial charge in [0.15, 0.2) is 11.6 Å². The Hall–Kier alpha value is -2.68. The van der Waals surface area contributed by atoms with Gasteiger partial charge in [0.25, 0.3) is 0 Å². The van der Waals surface area contributed by atoms with Crippen LogP contribution in [0.1, 0.15) is 59.8 Å². The van der Waals surface area contributed by atoms with Crippen LogP contribution in [0.15, 0.2) is 81.8 Å². The third-order valence-electron chi connectivity index (χ3n) is 6.86. The zero-order valence-electron chi connectivity index (χ0n) is 18.5. The average molecular weight is 402 g/mol. The number of dihydropyridines is 1. The summed E-state index contributed by atoms with van der Waals surface area (Å²) in [6.07, 6.45) is 14.1. The van der Waals surface area contributed by atoms with Crippen LogP contribution in [0.25, 0.3) is 0 Å². The van der Waals surface area contributed by atoms with Crippen LogP contribution >= 0.6 is 0 Å². The van der Waals surface area contributed by atoms with Gasteiger partial charge in [0.2, 0.25) is 0 Å². The molecule has 30 heavy (non-hydrogen) atoms. The molecule has 0 bridgehead atoms. The van der Waals surface area contributed by atoms with E-state index in [0.717, 1.165) is 64.9 Å². The molecule has 0 amide bonds. The highest BCUT2D eigenvalue weighted by Crippen LogP contribution is 2.52. The van der Waals surface area contributed by atoms with Crippen LogP contribution in [-0.4, -0.2) is 11.6 Å². The van der Waals surface area contributed by atoms with E-state index in [0.29, 0.717) is 6.42 Å². The average Bonchev–Trinajstić information content (AvgIpc) is 3.00. The summed E-state index contributed by atoms with van der Waals surface area (Å²) in [6.45, 7) is 12.6. The molecule has 0 fully saturated rings. The smallest absolute Gasteiger partial charge is 0.192 e. The van der Waals surface area contributed by atoms with Crippen LogP contribution in [0, 0.1) is 11.3 Å². The van der Waals surface area contributed by atoms with E-state index < -0.39 is 0 Å². The van der Waals surface area contributed by atoms with E-state index in [1.807, 2.05) is 18.2 Å². The van der Waals surface area contributed by atoms with Crippen molar-refractivity contribution in [1.82, 2.24) is 5.32 Å². The molecule has 1 aliphatic heterocycles. The van der Waals surface area contributed by atoms with E-state index in [2.05, 4.69) is 51.7 Å². The molecule has 156 valence electrons. The summed E-state index contributed by atoms with van der Waals surface area (Å²) in [5.74, 6) is -0.142. The maximum absolute atomic E-state index is 13.7. The first-order valence-electron chi connectivity index (χ1n) is 11.0. The van der Waals surface area contributed by atoms with Crippen LogP contribution < -0.4 is 5.32 Å². The highest BCUT2D eigenvalue weighted by Gasteiger charge is 2.48. The number of hydrogen-bond donors (Lipinski definition) is 1. The van der Waals surface area contributed by atoms with Crippen molar-refractivity contribution < 1.29 is 9.59 Å². The number of hydrogen-bond acceptors (Lipinski definition) is 3. The van der Waals surface area contributed by atoms with Crippen LogP contribution in [0.4, 0.5) is 0 Å². The molecule has 0 saturated heterocycles. The predicted octanol–water partition coefficient (Wildman–Crippen LogP) is 5.80. The molecule has 3 nitrogen and oxygen atoms in total. The van der Waals surface area contributed by atoms with E-state index in [1.165, 1.54) is 5.57 Å². The van der Waals surface area contributed by atoms with Gasteiger partial charge in [0, 0.05) is 34.8 Å². The van der Waals surface area contributed by atoms with Crippen molar-refractivity contribution in [3.63, 3.8) is 0 Å². The third kappa shape index (κ3) is 3.12. The summed E-state index contributed by atoms with van der Waals surface area (Å²) in [4.78, 5) is 26.7. The first-order valence-corrected chi connectivity index (χ1v) is 11.0. The summed E-state index contributed by atoms with van der Waals surface area (Å²) < 4.78 is 0. The molecule has 4 aliphatic rings. The second-order valence-electron chi connectivity index (χ2n) is 9.36. The van der Waals surface area contributed by atoms with Crippen molar-refractivity contribution in [3.8, 4) is 0 Å². The molecule has 4 rings (SSSR count). The number of nitrogens with one attached hydrogen (secondary N) is 1. The molecule has 0 radical (unpaired) electrons. The number of rotatable bonds is 4. The molecule has 0 saturated carbocycles. The van der Waals surface area contributed by atoms with Gasteiger partial charge in [0.05, 0.1) is 5.70 Å². The highest BCUT2D eigenvalue weighted by atomic mass is 16.1. The summed E-state index contributed by atoms with van der Waals surface area (Å²) in [5.41, 5.74) is 7.36. The van der Waals surface area contributed by atoms with E-state index in [-0.39, 0.29) is 22.9 Å². The molecular weight excluding hydrogens is 370 g/mol. The number of allylic oxidation sites excluding steroid dienone is 12. The Morgan fingerprint density at radius 2 is 2.00 bits per heavy atom. The van der Waals surface area contributed by atoms with Gasteiger partial charge in [0.1, 0.15) is 0 Å². The Morgan fingerprint density at radius 3 is 2.70 bits per heavy atom. The number of carbonyl (C=O) groups excluding carboxylic acids is 2. The lowest BCUT2D eigenvalue weighted by Gasteiger charge is -2.36. The minimum atomic E-state index is -0.343. The van der Waals surface area contributed by atoms with Crippen molar-refractivity contribution in [3.05, 3.63) is 81.8 Å². The van der Waals surface area contributed by atoms with E-state index >= 15 is 0 Å². The van der Waals surface area contributed by atoms with Crippen molar-refractivity contribution >= 4 is 11.6 Å². The molecule has 0 aromatic heterocycles. The fraction of sp³-hybridized carbons (Fsp3) is 0.407. The van der Waals surface area contributed by atoms with Gasteiger partial charge >= 0.3 is 0 Å². The monoisotopic (exact) mass is 401 g/mol. The van der Waals surface area contributed by atoms with E-state index in [4.69, 9.17) is 0 Å². The molecule has 3 heteroatoms. The zero-order chi connectivity index (χ0) is 21.6. The molecule has 0 aromatic carbocycles. The summed E-state index contributed by atoms with van der Waals surface area (Å²) >= 11 is 0. The highest BCUT2D eigenvalue weighted by molar-refractivity contribution is 6.18. The van der Waals surface area contributed by atoms with Gasteiger partial charge in [-0.15, -0.1) is 0 Å². The molecule has 1 N–H and O–H groups in total. The number of ketones is 2. The molecule has 1 unspecified atom stereocenters. The maximum Gasteiger partial charge on any atom is 0.192 e. The number of fused-ring (bicyclic) bond motifs is 1. The van der Waals surface area contributed by atoms with Crippen LogP contribution in [0.2, 0.25) is 0 Å². The van der Waals surface area contributed by atoms with Crippen LogP contribution in [0.3, 0.4) is 0 Å². The van der Waals surface area contributed by atoms with Crippen molar-refractivity contribution in [2.45, 2.75) is 59.8 Å². The normalized spacial score (nSPS) is 25.9. The van der Waals surface area contributed by atoms with Gasteiger partial charge < -0.3 is 5.32 Å². The molecule has 1 heterocycles. The molecule has 0 spiro atoms. The second-order valence-corrected chi connectivity index (χ2v) is 9.36. The quantitative estimate of drug-likeness (QED) is 0.606. The zero-order valence-corrected chi connectivity index (χ0v) is 18.5. The van der Waals surface area contributed by atoms with Crippen molar-refractivity contribution in [2.75, 3.05) is 0 Å². The molecule has 0 aromatic rings. The standard InChI is InChI=1S/C27H31NO2/c1-6-16(3)13-14-17(7-2)21-22-19(11-8-12-20(22)29)28-25-23(21)26(30)18-10-9-15-27(4,5)24(18)25/h7,9-10,13-14,21,28H,2,6,8,11-12,15H2,1,3-5H3/b16-13+,17-14+. The fourth-order valence-corrected chi connectivity index (χ4v) is 5.08. The minimum absolute atomic E-state index is 0.0513. The summed E-state index contributed by atoms with van der Waals surface area (Å²) in [6, 6.07) is 0. The molecule has 1 atom stereocenters. The van der Waals surface area contributed by atoms with Gasteiger partial charge in [-0.1, -0.05) is 63.3 Å². The molecule has 3 aliphatic carbocycles. The number of carbonyl (C=O) groups is 2. The fourth-order valence-electron chi connectivity index (χ4n) is 5.08. The Morgan fingerprint density at radius 1 is 1.23 bits per heavy atom. The lowest BCUT2D eigenvalue weighted by Crippen LogP contribution is -2.35. The van der Waals surface area contributed by atoms with Crippen LogP contribution in [-0.2, 0) is 9.59 Å². The molecular formula is C27H31NO2. The lowest BCUT2D eigenvalue weighted by atomic mass is 9.72. The largest absolute Gasteiger partial charge is 0.358 e. The SMILES string of the molecule is C=C/C(=C\C=C(/C)CC)C1C2=C(CCCC2=O)NC2=C1C(=O)C1=C2C(C)(C)CC=C1. The Kier molecular flexibility index (Phi) is 5.17. The summed E-state index contributed by atoms with van der Waals surface area (Å²) in [5, 5.41) is 3.57. The minimum Gasteiger partial charge on any atom is -0.358 e. The van der Waals surface area contributed by atoms with Gasteiger partial charge in [-0.05, 0) is 49.2 Å². The van der Waals surface area contributed by atoms with Crippen molar-refractivity contribution in [2.24, 2.45) is 11.3 Å². The van der Waals surface area contributed by atoms with Gasteiger partial charge in [-0.25, -0.2) is 0 Å². The van der Waals surface area contributed by atoms with E-state index in [9.17, 15) is 9.59 Å². The second kappa shape index (κ2) is 7.54. The topological polar surface area (TPSA) is 46.2 Å². The number of Topliss-reactive ketones (excluding diaryl/α,β-unsaturated/α-hetero) is 2. The lowest BCUT2D eigenvalue weighted by molar-refractivity contribution is -0.116. The van der Waals surface area contributed by atoms with E-state index in [1.54, 1.807) is 0 Å². The van der Waals surface area contributed by atoms with Gasteiger partial charge in [-0.3, -0.25) is 9.59 Å². The first-order chi connectivity index (χ1) is 14.3. The predicted molar refractivity (Wildman–Crippen MR) is 121 cm³/mol. The van der Waals surface area contributed by atoms with Gasteiger partial charge in [-0.2, -0.15) is 0 Å². The van der Waals surface area contributed by atoms with Crippen molar-refractivity contribution in [1.29, 1.82) is 0 Å². The Labute approximate surface area is 179 Å². The Bertz CT molecular complexity index is 1040. The summed E-state index contributed by atoms with van der Waals surface area (Å²) in [7, 11) is 0.